The fourth-order valence-corrected chi connectivity index (χ4v) is 11.4. The summed E-state index contributed by atoms with van der Waals surface area (Å²) in [5.74, 6) is 8.05. The molecule has 77 heavy (non-hydrogen) atoms. The zero-order valence-corrected chi connectivity index (χ0v) is 45.3. The number of fused-ring (bicyclic) bond motifs is 7. The summed E-state index contributed by atoms with van der Waals surface area (Å²) < 4.78 is 34.1. The number of H-pyrrole nitrogens is 2. The first-order valence-corrected chi connectivity index (χ1v) is 26.6. The van der Waals surface area contributed by atoms with Crippen LogP contribution in [0.1, 0.15) is 112 Å². The largest absolute Gasteiger partial charge is 0.487 e. The number of aliphatic imine (C=N–C) groups is 2. The van der Waals surface area contributed by atoms with Gasteiger partial charge in [-0.25, -0.2) is 9.97 Å². The summed E-state index contributed by atoms with van der Waals surface area (Å²) in [6.45, 7) is 13.2. The highest BCUT2D eigenvalue weighted by molar-refractivity contribution is 6.10. The molecule has 6 aromatic rings. The van der Waals surface area contributed by atoms with Gasteiger partial charge >= 0.3 is 5.97 Å². The van der Waals surface area contributed by atoms with E-state index in [0.29, 0.717) is 88.2 Å². The zero-order valence-electron chi connectivity index (χ0n) is 45.3. The van der Waals surface area contributed by atoms with Crippen molar-refractivity contribution in [2.75, 3.05) is 59.7 Å². The van der Waals surface area contributed by atoms with Crippen LogP contribution in [-0.2, 0) is 49.6 Å². The van der Waals surface area contributed by atoms with Crippen LogP contribution in [-0.4, -0.2) is 97.5 Å². The lowest BCUT2D eigenvalue weighted by Gasteiger charge is -2.21. The minimum Gasteiger partial charge on any atom is -0.487 e. The van der Waals surface area contributed by atoms with E-state index in [-0.39, 0.29) is 41.8 Å². The van der Waals surface area contributed by atoms with Crippen molar-refractivity contribution in [3.8, 4) is 23.3 Å². The molecule has 0 radical (unpaired) electrons. The number of esters is 1. The molecule has 3 aliphatic heterocycles. The number of rotatable bonds is 18. The molecule has 4 atom stereocenters. The third kappa shape index (κ3) is 11.1. The van der Waals surface area contributed by atoms with Crippen molar-refractivity contribution >= 4 is 45.6 Å². The number of anilines is 2. The van der Waals surface area contributed by atoms with Gasteiger partial charge in [-0.05, 0) is 104 Å². The highest BCUT2D eigenvalue weighted by Crippen LogP contribution is 2.46. The Bertz CT molecular complexity index is 3440. The standard InChI is InChI=1S/C62H67N7O8/c1-9-43-35(2)49-29-54-47(37(4)48(67-54)28-50-36(3)44(18-19-58(71)74-8)60(68-50)46-26-55(70)59-38(5)51(69-61(46)59)30-53(43)66-49)33-75-32-41-14-10-12-39(24-41)16-17-40-13-11-15-42(25-40)65-62-45-27-56(76-22-20-72-6)57(77-23-21-73-7)31-52(45)63-34-64-62/h10-15,24-25,27-28,31,34,36,44,46-47,66,69H,9,18-23,26,29-30,32-33H2,1-8H3,(H,63,64,65)/t36-,44-,46?,47?/m0/s1. The Morgan fingerprint density at radius 1 is 0.831 bits per heavy atom. The Labute approximate surface area is 450 Å². The van der Waals surface area contributed by atoms with Crippen LogP contribution in [0.3, 0.4) is 0 Å². The van der Waals surface area contributed by atoms with Gasteiger partial charge in [-0.15, -0.1) is 0 Å². The topological polar surface area (TPSA) is 184 Å². The van der Waals surface area contributed by atoms with Crippen molar-refractivity contribution in [3.05, 3.63) is 152 Å². The first kappa shape index (κ1) is 52.8. The predicted octanol–water partition coefficient (Wildman–Crippen LogP) is 10.6. The second kappa shape index (κ2) is 23.3. The molecule has 10 rings (SSSR count). The molecule has 6 heterocycles. The lowest BCUT2D eigenvalue weighted by atomic mass is 9.81. The van der Waals surface area contributed by atoms with Crippen LogP contribution in [0.2, 0.25) is 0 Å². The number of nitrogens with one attached hydrogen (secondary N) is 3. The van der Waals surface area contributed by atoms with Gasteiger partial charge in [0, 0.05) is 137 Å². The van der Waals surface area contributed by atoms with Gasteiger partial charge in [0.1, 0.15) is 25.4 Å². The summed E-state index contributed by atoms with van der Waals surface area (Å²) in [5.41, 5.74) is 17.8. The molecule has 3 aromatic carbocycles. The van der Waals surface area contributed by atoms with Crippen LogP contribution >= 0.6 is 0 Å². The normalized spacial score (nSPS) is 18.5. The molecule has 4 aliphatic rings. The van der Waals surface area contributed by atoms with E-state index >= 15 is 0 Å². The molecule has 398 valence electrons. The predicted molar refractivity (Wildman–Crippen MR) is 298 cm³/mol. The average Bonchev–Trinajstić information content (AvgIpc) is 4.35. The number of ketones is 1. The third-order valence-corrected chi connectivity index (χ3v) is 15.6. The Morgan fingerprint density at radius 3 is 2.32 bits per heavy atom. The second-order valence-corrected chi connectivity index (χ2v) is 20.3. The molecule has 3 aromatic heterocycles. The minimum atomic E-state index is -0.253. The van der Waals surface area contributed by atoms with Gasteiger partial charge < -0.3 is 43.7 Å². The fraction of sp³-hybridized carbons (Fsp3) is 0.387. The van der Waals surface area contributed by atoms with E-state index in [0.717, 1.165) is 96.5 Å². The Hall–Kier alpha value is -7.64. The number of carbonyl (C=O) groups excluding carboxylic acids is 2. The minimum absolute atomic E-state index is 0.00142. The quantitative estimate of drug-likeness (QED) is 0.0423. The van der Waals surface area contributed by atoms with Crippen molar-refractivity contribution in [1.82, 2.24) is 19.9 Å². The second-order valence-electron chi connectivity index (χ2n) is 20.3. The molecule has 3 N–H and O–H groups in total. The van der Waals surface area contributed by atoms with Crippen LogP contribution in [0, 0.1) is 43.4 Å². The molecule has 15 heteroatoms. The summed E-state index contributed by atoms with van der Waals surface area (Å²) in [6.07, 6.45) is 7.03. The van der Waals surface area contributed by atoms with Crippen molar-refractivity contribution in [3.63, 3.8) is 0 Å². The average molecular weight is 1040 g/mol. The van der Waals surface area contributed by atoms with Crippen LogP contribution in [0.5, 0.6) is 11.5 Å². The van der Waals surface area contributed by atoms with E-state index in [9.17, 15) is 9.59 Å². The summed E-state index contributed by atoms with van der Waals surface area (Å²) in [6, 6.07) is 19.8. The Morgan fingerprint density at radius 2 is 1.57 bits per heavy atom. The highest BCUT2D eigenvalue weighted by Gasteiger charge is 2.44. The first-order valence-electron chi connectivity index (χ1n) is 26.6. The van der Waals surface area contributed by atoms with Gasteiger partial charge in [0.2, 0.25) is 0 Å². The van der Waals surface area contributed by atoms with Gasteiger partial charge in [0.15, 0.2) is 17.3 Å². The molecule has 0 fully saturated rings. The molecule has 0 saturated carbocycles. The van der Waals surface area contributed by atoms with Gasteiger partial charge in [-0.3, -0.25) is 19.6 Å². The lowest BCUT2D eigenvalue weighted by Crippen LogP contribution is -2.23. The summed E-state index contributed by atoms with van der Waals surface area (Å²) in [7, 11) is 4.69. The highest BCUT2D eigenvalue weighted by atomic mass is 16.5. The number of allylic oxidation sites excluding steroid dienone is 2. The molecule has 15 nitrogen and oxygen atoms in total. The number of nitrogens with zero attached hydrogens (tertiary/aromatic N) is 4. The van der Waals surface area contributed by atoms with Crippen LogP contribution in [0.4, 0.5) is 11.5 Å². The number of aromatic amines is 2. The summed E-state index contributed by atoms with van der Waals surface area (Å²) in [4.78, 5) is 53.9. The van der Waals surface area contributed by atoms with E-state index in [1.807, 2.05) is 48.5 Å². The maximum Gasteiger partial charge on any atom is 0.305 e. The number of hydrogen-bond donors (Lipinski definition) is 3. The smallest absolute Gasteiger partial charge is 0.305 e. The molecular weight excluding hydrogens is 971 g/mol. The van der Waals surface area contributed by atoms with Crippen molar-refractivity contribution < 1.29 is 38.0 Å². The lowest BCUT2D eigenvalue weighted by molar-refractivity contribution is -0.140. The zero-order chi connectivity index (χ0) is 53.7. The number of benzene rings is 3. The van der Waals surface area contributed by atoms with E-state index in [2.05, 4.69) is 89.9 Å². The Balaban J connectivity index is 0.877. The molecule has 1 aliphatic carbocycles. The summed E-state index contributed by atoms with van der Waals surface area (Å²) >= 11 is 0. The van der Waals surface area contributed by atoms with E-state index < -0.39 is 0 Å². The van der Waals surface area contributed by atoms with Gasteiger partial charge in [-0.2, -0.15) is 0 Å². The van der Waals surface area contributed by atoms with E-state index in [1.54, 1.807) is 14.2 Å². The first-order chi connectivity index (χ1) is 37.4. The number of Topliss-reactive ketones (excluding diaryl/α,β-unsaturated/α-hetero) is 1. The van der Waals surface area contributed by atoms with Gasteiger partial charge in [0.05, 0.1) is 44.8 Å². The molecule has 2 unspecified atom stereocenters. The number of aromatic nitrogens is 4. The molecule has 0 saturated heterocycles. The van der Waals surface area contributed by atoms with Crippen molar-refractivity contribution in [1.29, 1.82) is 0 Å². The monoisotopic (exact) mass is 1040 g/mol. The molecule has 0 amide bonds. The van der Waals surface area contributed by atoms with Gasteiger partial charge in [-0.1, -0.05) is 43.9 Å². The Kier molecular flexibility index (Phi) is 16.0. The number of carbonyl (C=O) groups is 2. The summed E-state index contributed by atoms with van der Waals surface area (Å²) in [5, 5.41) is 4.23. The fourth-order valence-electron chi connectivity index (χ4n) is 11.4. The van der Waals surface area contributed by atoms with Crippen LogP contribution in [0.15, 0.2) is 100 Å². The van der Waals surface area contributed by atoms with E-state index in [4.69, 9.17) is 38.4 Å². The SMILES string of the molecule is CCc1c2[nH]c(c1C)CC1=NC(=C(C)C1COCc1cccc(C#Cc3cccc(Nc4ncnc5cc(OCCOC)c(OCCOC)cc45)c3)c1)C=C1N=C(C3CC(=O)c4c3[nH]c(c4C)C2)[C@@H](CCC(=O)OC)[C@@H]1C. The van der Waals surface area contributed by atoms with Crippen molar-refractivity contribution in [2.45, 2.75) is 85.7 Å². The molecule has 8 bridgehead atoms. The van der Waals surface area contributed by atoms with E-state index in [1.165, 1.54) is 24.6 Å². The van der Waals surface area contributed by atoms with Crippen LogP contribution < -0.4 is 14.8 Å². The molecular formula is C62H67N7O8. The van der Waals surface area contributed by atoms with Crippen LogP contribution in [0.25, 0.3) is 10.9 Å². The maximum atomic E-state index is 13.8. The number of hydrogen-bond acceptors (Lipinski definition) is 13. The molecule has 0 spiro atoms. The number of methoxy groups -OCH3 is 3. The van der Waals surface area contributed by atoms with Gasteiger partial charge in [0.25, 0.3) is 0 Å². The number of ether oxygens (including phenoxy) is 6. The third-order valence-electron chi connectivity index (χ3n) is 15.6. The maximum absolute atomic E-state index is 13.8. The van der Waals surface area contributed by atoms with Crippen molar-refractivity contribution in [2.24, 2.45) is 27.7 Å².